The molecule has 0 radical (unpaired) electrons. The topological polar surface area (TPSA) is 48.4 Å². The van der Waals surface area contributed by atoms with Gasteiger partial charge in [-0.3, -0.25) is 0 Å². The Bertz CT molecular complexity index is 481. The lowest BCUT2D eigenvalue weighted by Gasteiger charge is -2.28. The maximum atomic E-state index is 9.61. The normalized spacial score (nSPS) is 22.9. The maximum Gasteiger partial charge on any atom is 0.131 e. The van der Waals surface area contributed by atoms with Crippen molar-refractivity contribution in [1.82, 2.24) is 10.3 Å². The van der Waals surface area contributed by atoms with Crippen molar-refractivity contribution < 1.29 is 5.11 Å². The zero-order valence-corrected chi connectivity index (χ0v) is 14.0. The Morgan fingerprint density at radius 1 is 1.43 bits per heavy atom. The molecule has 2 heterocycles. The molecule has 21 heavy (non-hydrogen) atoms. The third-order valence-electron chi connectivity index (χ3n) is 4.27. The molecule has 0 bridgehead atoms. The number of aliphatic hydroxyl groups excluding tert-OH is 1. The van der Waals surface area contributed by atoms with Crippen molar-refractivity contribution in [1.29, 1.82) is 0 Å². The van der Waals surface area contributed by atoms with Crippen LogP contribution in [0.2, 0.25) is 0 Å². The lowest BCUT2D eigenvalue weighted by molar-refractivity contribution is 0.244. The number of hydrogen-bond acceptors (Lipinski definition) is 4. The van der Waals surface area contributed by atoms with E-state index in [1.54, 1.807) is 0 Å². The van der Waals surface area contributed by atoms with Crippen LogP contribution in [0.3, 0.4) is 0 Å². The maximum absolute atomic E-state index is 9.61. The van der Waals surface area contributed by atoms with Gasteiger partial charge in [-0.15, -0.1) is 0 Å². The summed E-state index contributed by atoms with van der Waals surface area (Å²) in [5.41, 5.74) is 2.51. The van der Waals surface area contributed by atoms with Crippen LogP contribution in [-0.4, -0.2) is 34.8 Å². The summed E-state index contributed by atoms with van der Waals surface area (Å²) >= 11 is 0. The van der Waals surface area contributed by atoms with Gasteiger partial charge in [0.1, 0.15) is 5.82 Å². The minimum absolute atomic E-state index is 0.110. The third kappa shape index (κ3) is 3.95. The summed E-state index contributed by atoms with van der Waals surface area (Å²) in [6.07, 6.45) is 3.08. The largest absolute Gasteiger partial charge is 0.394 e. The first kappa shape index (κ1) is 16.2. The summed E-state index contributed by atoms with van der Waals surface area (Å²) < 4.78 is 0. The van der Waals surface area contributed by atoms with Crippen LogP contribution in [0.1, 0.15) is 45.2 Å². The van der Waals surface area contributed by atoms with E-state index in [1.165, 1.54) is 11.1 Å². The Morgan fingerprint density at radius 2 is 2.14 bits per heavy atom. The molecule has 1 aromatic heterocycles. The van der Waals surface area contributed by atoms with Crippen molar-refractivity contribution in [2.24, 2.45) is 5.92 Å². The second kappa shape index (κ2) is 6.32. The van der Waals surface area contributed by atoms with Crippen LogP contribution in [0.4, 0.5) is 5.82 Å². The van der Waals surface area contributed by atoms with Gasteiger partial charge in [0.15, 0.2) is 0 Å². The van der Waals surface area contributed by atoms with Crippen LogP contribution in [0.25, 0.3) is 0 Å². The lowest BCUT2D eigenvalue weighted by atomic mass is 10.0. The molecule has 2 rings (SSSR count). The van der Waals surface area contributed by atoms with Gasteiger partial charge in [0, 0.05) is 24.8 Å². The summed E-state index contributed by atoms with van der Waals surface area (Å²) in [5.74, 6) is 1.55. The van der Waals surface area contributed by atoms with E-state index in [4.69, 9.17) is 0 Å². The van der Waals surface area contributed by atoms with Crippen molar-refractivity contribution in [3.63, 3.8) is 0 Å². The number of aromatic nitrogens is 1. The van der Waals surface area contributed by atoms with E-state index in [9.17, 15) is 5.11 Å². The fourth-order valence-corrected chi connectivity index (χ4v) is 2.94. The molecule has 0 aromatic carbocycles. The molecule has 0 amide bonds. The van der Waals surface area contributed by atoms with Crippen LogP contribution >= 0.6 is 0 Å². The first-order chi connectivity index (χ1) is 9.81. The monoisotopic (exact) mass is 291 g/mol. The summed E-state index contributed by atoms with van der Waals surface area (Å²) in [7, 11) is 0. The molecule has 4 heteroatoms. The van der Waals surface area contributed by atoms with Gasteiger partial charge in [-0.2, -0.15) is 0 Å². The number of anilines is 1. The first-order valence-corrected chi connectivity index (χ1v) is 7.90. The highest BCUT2D eigenvalue weighted by Crippen LogP contribution is 2.30. The fraction of sp³-hybridized carbons (Fsp3) is 0.706. The van der Waals surface area contributed by atoms with E-state index >= 15 is 0 Å². The molecule has 2 unspecified atom stereocenters. The average Bonchev–Trinajstić information content (AvgIpc) is 2.76. The number of nitrogens with zero attached hydrogens (tertiary/aromatic N) is 2. The van der Waals surface area contributed by atoms with Gasteiger partial charge in [0.25, 0.3) is 0 Å². The Morgan fingerprint density at radius 3 is 2.71 bits per heavy atom. The van der Waals surface area contributed by atoms with Crippen molar-refractivity contribution >= 4 is 5.82 Å². The van der Waals surface area contributed by atoms with E-state index < -0.39 is 0 Å². The number of hydrogen-bond donors (Lipinski definition) is 2. The summed E-state index contributed by atoms with van der Waals surface area (Å²) in [5, 5.41) is 13.1. The second-order valence-corrected chi connectivity index (χ2v) is 7.30. The average molecular weight is 291 g/mol. The highest BCUT2D eigenvalue weighted by atomic mass is 16.3. The predicted molar refractivity (Wildman–Crippen MR) is 87.6 cm³/mol. The third-order valence-corrected chi connectivity index (χ3v) is 4.27. The number of pyridine rings is 1. The Labute approximate surface area is 128 Å². The Balaban J connectivity index is 2.12. The highest BCUT2D eigenvalue weighted by Gasteiger charge is 2.32. The zero-order chi connectivity index (χ0) is 15.6. The van der Waals surface area contributed by atoms with Gasteiger partial charge in [0.2, 0.25) is 0 Å². The second-order valence-electron chi connectivity index (χ2n) is 7.30. The summed E-state index contributed by atoms with van der Waals surface area (Å²) in [6.45, 7) is 12.8. The molecule has 0 spiro atoms. The molecule has 1 aromatic rings. The van der Waals surface area contributed by atoms with Gasteiger partial charge < -0.3 is 15.3 Å². The summed E-state index contributed by atoms with van der Waals surface area (Å²) in [4.78, 5) is 6.93. The lowest BCUT2D eigenvalue weighted by Crippen LogP contribution is -2.36. The number of aliphatic hydroxyl groups is 1. The number of rotatable bonds is 4. The minimum atomic E-state index is 0.110. The van der Waals surface area contributed by atoms with Crippen molar-refractivity contribution in [2.45, 2.75) is 59.2 Å². The van der Waals surface area contributed by atoms with Crippen molar-refractivity contribution in [3.8, 4) is 0 Å². The predicted octanol–water partition coefficient (Wildman–Crippen LogP) is 2.49. The smallest absolute Gasteiger partial charge is 0.131 e. The molecular formula is C17H29N3O. The molecule has 1 fully saturated rings. The molecule has 2 atom stereocenters. The van der Waals surface area contributed by atoms with Crippen LogP contribution in [-0.2, 0) is 6.54 Å². The molecular weight excluding hydrogens is 262 g/mol. The molecule has 4 nitrogen and oxygen atoms in total. The zero-order valence-electron chi connectivity index (χ0n) is 14.0. The quantitative estimate of drug-likeness (QED) is 0.895. The minimum Gasteiger partial charge on any atom is -0.394 e. The molecule has 0 saturated carbocycles. The molecule has 118 valence electrons. The van der Waals surface area contributed by atoms with Gasteiger partial charge in [-0.25, -0.2) is 4.98 Å². The van der Waals surface area contributed by atoms with Crippen LogP contribution in [0, 0.1) is 12.8 Å². The van der Waals surface area contributed by atoms with Crippen molar-refractivity contribution in [3.05, 3.63) is 23.4 Å². The van der Waals surface area contributed by atoms with Gasteiger partial charge in [0.05, 0.1) is 12.6 Å². The van der Waals surface area contributed by atoms with E-state index in [0.29, 0.717) is 5.92 Å². The van der Waals surface area contributed by atoms with Crippen molar-refractivity contribution in [2.75, 3.05) is 18.1 Å². The Hall–Kier alpha value is -1.13. The molecule has 1 aliphatic heterocycles. The van der Waals surface area contributed by atoms with Crippen LogP contribution < -0.4 is 10.2 Å². The molecule has 1 aliphatic rings. The Kier molecular flexibility index (Phi) is 4.89. The van der Waals surface area contributed by atoms with Gasteiger partial charge >= 0.3 is 0 Å². The number of aryl methyl sites for hydroxylation is 1. The van der Waals surface area contributed by atoms with E-state index in [1.807, 2.05) is 6.20 Å². The van der Waals surface area contributed by atoms with E-state index in [0.717, 1.165) is 25.3 Å². The standard InChI is InChI=1S/C17H29N3O/c1-12-6-7-20(15(12)11-21)16-13(2)8-14(9-18-16)10-19-17(3,4)5/h8-9,12,15,19,21H,6-7,10-11H2,1-5H3. The molecule has 0 aliphatic carbocycles. The SMILES string of the molecule is Cc1cc(CNC(C)(C)C)cnc1N1CCC(C)C1CO. The van der Waals surface area contributed by atoms with Crippen LogP contribution in [0.15, 0.2) is 12.3 Å². The molecule has 1 saturated heterocycles. The van der Waals surface area contributed by atoms with Crippen LogP contribution in [0.5, 0.6) is 0 Å². The first-order valence-electron chi connectivity index (χ1n) is 7.90. The highest BCUT2D eigenvalue weighted by molar-refractivity contribution is 5.49. The van der Waals surface area contributed by atoms with E-state index in [-0.39, 0.29) is 18.2 Å². The summed E-state index contributed by atoms with van der Waals surface area (Å²) in [6, 6.07) is 2.41. The fourth-order valence-electron chi connectivity index (χ4n) is 2.94. The van der Waals surface area contributed by atoms with Gasteiger partial charge in [-0.1, -0.05) is 6.92 Å². The number of nitrogens with one attached hydrogen (secondary N) is 1. The van der Waals surface area contributed by atoms with Gasteiger partial charge in [-0.05, 0) is 57.2 Å². The molecule has 2 N–H and O–H groups in total. The van der Waals surface area contributed by atoms with E-state index in [2.05, 4.69) is 55.9 Å².